The number of nitrogens with zero attached hydrogens (tertiary/aromatic N) is 1. The van der Waals surface area contributed by atoms with Gasteiger partial charge in [-0.25, -0.2) is 9.37 Å². The zero-order valence-electron chi connectivity index (χ0n) is 10.3. The quantitative estimate of drug-likeness (QED) is 0.859. The van der Waals surface area contributed by atoms with Crippen LogP contribution in [-0.2, 0) is 6.54 Å². The highest BCUT2D eigenvalue weighted by Crippen LogP contribution is 2.17. The Balaban J connectivity index is 2.09. The van der Waals surface area contributed by atoms with E-state index in [2.05, 4.69) is 26.2 Å². The Hall–Kier alpha value is -1.42. The normalized spacial score (nSPS) is 10.4. The SMILES string of the molecule is Cc1cc(CNc2ccc(Br)nc2C)ccc1F. The van der Waals surface area contributed by atoms with Crippen molar-refractivity contribution in [3.63, 3.8) is 0 Å². The Labute approximate surface area is 114 Å². The van der Waals surface area contributed by atoms with Gasteiger partial charge in [0.25, 0.3) is 0 Å². The van der Waals surface area contributed by atoms with Crippen LogP contribution in [-0.4, -0.2) is 4.98 Å². The van der Waals surface area contributed by atoms with Crippen molar-refractivity contribution in [2.24, 2.45) is 0 Å². The highest BCUT2D eigenvalue weighted by Gasteiger charge is 2.02. The standard InChI is InChI=1S/C14H14BrFN2/c1-9-7-11(3-4-12(9)16)8-17-13-5-6-14(15)18-10(13)2/h3-7,17H,8H2,1-2H3. The van der Waals surface area contributed by atoms with Crippen LogP contribution in [0, 0.1) is 19.7 Å². The minimum absolute atomic E-state index is 0.166. The van der Waals surface area contributed by atoms with Crippen LogP contribution in [0.4, 0.5) is 10.1 Å². The van der Waals surface area contributed by atoms with Crippen LogP contribution in [0.5, 0.6) is 0 Å². The zero-order chi connectivity index (χ0) is 13.1. The van der Waals surface area contributed by atoms with Crippen LogP contribution in [0.2, 0.25) is 0 Å². The monoisotopic (exact) mass is 308 g/mol. The molecule has 1 aromatic carbocycles. The first-order chi connectivity index (χ1) is 8.56. The van der Waals surface area contributed by atoms with E-state index in [4.69, 9.17) is 0 Å². The van der Waals surface area contributed by atoms with Gasteiger partial charge in [0, 0.05) is 6.54 Å². The van der Waals surface area contributed by atoms with Crippen LogP contribution < -0.4 is 5.32 Å². The van der Waals surface area contributed by atoms with E-state index >= 15 is 0 Å². The molecular weight excluding hydrogens is 295 g/mol. The molecule has 0 aliphatic carbocycles. The summed E-state index contributed by atoms with van der Waals surface area (Å²) in [5.74, 6) is -0.166. The maximum Gasteiger partial charge on any atom is 0.126 e. The van der Waals surface area contributed by atoms with Gasteiger partial charge in [0.1, 0.15) is 10.4 Å². The lowest BCUT2D eigenvalue weighted by Gasteiger charge is -2.10. The molecule has 0 radical (unpaired) electrons. The molecule has 2 nitrogen and oxygen atoms in total. The number of anilines is 1. The van der Waals surface area contributed by atoms with Gasteiger partial charge in [0.2, 0.25) is 0 Å². The molecule has 1 heterocycles. The second-order valence-corrected chi connectivity index (χ2v) is 5.02. The van der Waals surface area contributed by atoms with E-state index in [-0.39, 0.29) is 5.82 Å². The summed E-state index contributed by atoms with van der Waals surface area (Å²) in [5.41, 5.74) is 3.64. The molecule has 18 heavy (non-hydrogen) atoms. The lowest BCUT2D eigenvalue weighted by Crippen LogP contribution is -2.02. The number of pyridine rings is 1. The Kier molecular flexibility index (Phi) is 3.97. The first kappa shape index (κ1) is 13.0. The van der Waals surface area contributed by atoms with Crippen molar-refractivity contribution in [2.45, 2.75) is 20.4 Å². The van der Waals surface area contributed by atoms with E-state index in [0.29, 0.717) is 12.1 Å². The number of nitrogens with one attached hydrogen (secondary N) is 1. The van der Waals surface area contributed by atoms with E-state index in [0.717, 1.165) is 21.5 Å². The summed E-state index contributed by atoms with van der Waals surface area (Å²) >= 11 is 3.33. The van der Waals surface area contributed by atoms with Gasteiger partial charge in [-0.05, 0) is 59.1 Å². The Morgan fingerprint density at radius 1 is 1.22 bits per heavy atom. The Bertz CT molecular complexity index is 570. The van der Waals surface area contributed by atoms with Crippen molar-refractivity contribution in [1.29, 1.82) is 0 Å². The fraction of sp³-hybridized carbons (Fsp3) is 0.214. The molecule has 0 saturated heterocycles. The third kappa shape index (κ3) is 3.07. The van der Waals surface area contributed by atoms with Crippen molar-refractivity contribution in [2.75, 3.05) is 5.32 Å². The van der Waals surface area contributed by atoms with Crippen molar-refractivity contribution in [3.05, 3.63) is 57.6 Å². The van der Waals surface area contributed by atoms with Crippen LogP contribution in [0.15, 0.2) is 34.9 Å². The maximum absolute atomic E-state index is 13.1. The van der Waals surface area contributed by atoms with Crippen molar-refractivity contribution >= 4 is 21.6 Å². The number of halogens is 2. The third-order valence-corrected chi connectivity index (χ3v) is 3.20. The number of aryl methyl sites for hydroxylation is 2. The molecule has 0 aliphatic rings. The summed E-state index contributed by atoms with van der Waals surface area (Å²) in [6.07, 6.45) is 0. The predicted molar refractivity (Wildman–Crippen MR) is 75.1 cm³/mol. The molecule has 94 valence electrons. The average molecular weight is 309 g/mol. The second kappa shape index (κ2) is 5.48. The van der Waals surface area contributed by atoms with Gasteiger partial charge in [0.15, 0.2) is 0 Å². The minimum atomic E-state index is -0.166. The van der Waals surface area contributed by atoms with Crippen molar-refractivity contribution < 1.29 is 4.39 Å². The molecular formula is C14H14BrFN2. The fourth-order valence-corrected chi connectivity index (χ4v) is 2.13. The predicted octanol–water partition coefficient (Wildman–Crippen LogP) is 4.21. The molecule has 0 spiro atoms. The molecule has 0 amide bonds. The Morgan fingerprint density at radius 2 is 2.00 bits per heavy atom. The summed E-state index contributed by atoms with van der Waals surface area (Å²) in [6, 6.07) is 9.01. The van der Waals surface area contributed by atoms with E-state index < -0.39 is 0 Å². The number of hydrogen-bond donors (Lipinski definition) is 1. The summed E-state index contributed by atoms with van der Waals surface area (Å²) in [6.45, 7) is 4.37. The molecule has 0 aliphatic heterocycles. The lowest BCUT2D eigenvalue weighted by molar-refractivity contribution is 0.617. The van der Waals surface area contributed by atoms with Crippen LogP contribution in [0.25, 0.3) is 0 Å². The molecule has 2 rings (SSSR count). The lowest BCUT2D eigenvalue weighted by atomic mass is 10.1. The second-order valence-electron chi connectivity index (χ2n) is 4.20. The molecule has 0 fully saturated rings. The van der Waals surface area contributed by atoms with Crippen molar-refractivity contribution in [3.8, 4) is 0 Å². The number of rotatable bonds is 3. The highest BCUT2D eigenvalue weighted by atomic mass is 79.9. The fourth-order valence-electron chi connectivity index (χ4n) is 1.73. The molecule has 1 aromatic heterocycles. The molecule has 0 saturated carbocycles. The van der Waals surface area contributed by atoms with E-state index in [9.17, 15) is 4.39 Å². The molecule has 4 heteroatoms. The summed E-state index contributed by atoms with van der Waals surface area (Å²) in [5, 5.41) is 3.30. The van der Waals surface area contributed by atoms with Gasteiger partial charge in [0.05, 0.1) is 11.4 Å². The van der Waals surface area contributed by atoms with E-state index in [1.165, 1.54) is 6.07 Å². The Morgan fingerprint density at radius 3 is 2.67 bits per heavy atom. The van der Waals surface area contributed by atoms with Gasteiger partial charge in [-0.3, -0.25) is 0 Å². The van der Waals surface area contributed by atoms with Crippen LogP contribution >= 0.6 is 15.9 Å². The summed E-state index contributed by atoms with van der Waals surface area (Å²) in [7, 11) is 0. The largest absolute Gasteiger partial charge is 0.380 e. The zero-order valence-corrected chi connectivity index (χ0v) is 11.9. The molecule has 0 bridgehead atoms. The summed E-state index contributed by atoms with van der Waals surface area (Å²) < 4.78 is 14.0. The third-order valence-electron chi connectivity index (χ3n) is 2.76. The first-order valence-corrected chi connectivity index (χ1v) is 6.47. The molecule has 2 aromatic rings. The van der Waals surface area contributed by atoms with Gasteiger partial charge in [-0.1, -0.05) is 12.1 Å². The van der Waals surface area contributed by atoms with Crippen LogP contribution in [0.1, 0.15) is 16.8 Å². The number of hydrogen-bond acceptors (Lipinski definition) is 2. The summed E-state index contributed by atoms with van der Waals surface area (Å²) in [4.78, 5) is 4.31. The van der Waals surface area contributed by atoms with Gasteiger partial charge < -0.3 is 5.32 Å². The highest BCUT2D eigenvalue weighted by molar-refractivity contribution is 9.10. The molecule has 0 unspecified atom stereocenters. The van der Waals surface area contributed by atoms with Gasteiger partial charge in [-0.15, -0.1) is 0 Å². The van der Waals surface area contributed by atoms with Crippen molar-refractivity contribution in [1.82, 2.24) is 4.98 Å². The van der Waals surface area contributed by atoms with E-state index in [1.807, 2.05) is 25.1 Å². The van der Waals surface area contributed by atoms with Gasteiger partial charge in [-0.2, -0.15) is 0 Å². The maximum atomic E-state index is 13.1. The number of aromatic nitrogens is 1. The smallest absolute Gasteiger partial charge is 0.126 e. The molecule has 1 N–H and O–H groups in total. The van der Waals surface area contributed by atoms with E-state index in [1.54, 1.807) is 13.0 Å². The van der Waals surface area contributed by atoms with Crippen LogP contribution in [0.3, 0.4) is 0 Å². The first-order valence-electron chi connectivity index (χ1n) is 5.68. The van der Waals surface area contributed by atoms with Gasteiger partial charge >= 0.3 is 0 Å². The number of benzene rings is 1. The molecule has 0 atom stereocenters. The topological polar surface area (TPSA) is 24.9 Å². The minimum Gasteiger partial charge on any atom is -0.380 e. The average Bonchev–Trinajstić information content (AvgIpc) is 2.32.